The number of nitroso groups, excluding NO2 is 1. The van der Waals surface area contributed by atoms with Gasteiger partial charge in [-0.3, -0.25) is 0 Å². The summed E-state index contributed by atoms with van der Waals surface area (Å²) in [6, 6.07) is 0. The van der Waals surface area contributed by atoms with Gasteiger partial charge in [-0.15, -0.1) is 11.3 Å². The topological polar surface area (TPSA) is 69.7 Å². The first kappa shape index (κ1) is 15.5. The van der Waals surface area contributed by atoms with Gasteiger partial charge in [-0.05, 0) is 26.7 Å². The normalized spacial score (nSPS) is 11.7. The van der Waals surface area contributed by atoms with Crippen LogP contribution in [0.1, 0.15) is 48.3 Å². The number of hydrogen-bond acceptors (Lipinski definition) is 4. The summed E-state index contributed by atoms with van der Waals surface area (Å²) in [4.78, 5) is 27.3. The lowest BCUT2D eigenvalue weighted by atomic mass is 10.2. The van der Waals surface area contributed by atoms with Crippen molar-refractivity contribution in [2.24, 2.45) is 4.99 Å². The molecular weight excluding hydrogens is 264 g/mol. The van der Waals surface area contributed by atoms with E-state index in [9.17, 15) is 9.70 Å². The molecule has 0 atom stereocenters. The van der Waals surface area contributed by atoms with E-state index in [1.807, 2.05) is 6.92 Å². The molecule has 1 heterocycles. The summed E-state index contributed by atoms with van der Waals surface area (Å²) in [5.74, 6) is -1.02. The van der Waals surface area contributed by atoms with Gasteiger partial charge in [-0.2, -0.15) is 0 Å². The lowest BCUT2D eigenvalue weighted by Gasteiger charge is -1.97. The molecule has 5 nitrogen and oxygen atoms in total. The fourth-order valence-corrected chi connectivity index (χ4v) is 2.91. The van der Waals surface area contributed by atoms with Crippen molar-refractivity contribution in [1.82, 2.24) is 0 Å². The molecule has 0 aliphatic heterocycles. The van der Waals surface area contributed by atoms with Gasteiger partial charge < -0.3 is 5.11 Å². The Morgan fingerprint density at radius 3 is 2.58 bits per heavy atom. The van der Waals surface area contributed by atoms with Crippen LogP contribution in [0.5, 0.6) is 0 Å². The van der Waals surface area contributed by atoms with E-state index in [-0.39, 0.29) is 4.88 Å². The predicted molar refractivity (Wildman–Crippen MR) is 77.5 cm³/mol. The molecule has 19 heavy (non-hydrogen) atoms. The highest BCUT2D eigenvalue weighted by Crippen LogP contribution is 2.41. The number of carboxylic acid groups (broad SMARTS) is 1. The number of aromatic carboxylic acids is 1. The smallest absolute Gasteiger partial charge is 0.346 e. The molecule has 6 heteroatoms. The highest BCUT2D eigenvalue weighted by atomic mass is 32.1. The Hall–Kier alpha value is -1.56. The van der Waals surface area contributed by atoms with Crippen LogP contribution >= 0.6 is 11.3 Å². The standard InChI is InChI=1S/C13H18N2O3S/c1-5-6-7-8(2)14-12-10(15(4)18)9(3)11(19-12)13(16)17/h5-7H2,1-4H3/p+1/b14-8+. The average molecular weight is 283 g/mol. The average Bonchev–Trinajstić information content (AvgIpc) is 2.63. The second-order valence-electron chi connectivity index (χ2n) is 4.46. The maximum absolute atomic E-state index is 11.6. The summed E-state index contributed by atoms with van der Waals surface area (Å²) in [5.41, 5.74) is 1.76. The van der Waals surface area contributed by atoms with Gasteiger partial charge in [-0.25, -0.2) is 9.79 Å². The third-order valence-electron chi connectivity index (χ3n) is 2.79. The number of nitrogens with zero attached hydrogens (tertiary/aromatic N) is 2. The van der Waals surface area contributed by atoms with Crippen molar-refractivity contribution in [3.05, 3.63) is 15.3 Å². The minimum Gasteiger partial charge on any atom is -0.477 e. The fraction of sp³-hybridized carbons (Fsp3) is 0.538. The van der Waals surface area contributed by atoms with Gasteiger partial charge in [0.2, 0.25) is 0 Å². The molecule has 1 aromatic heterocycles. The second-order valence-corrected chi connectivity index (χ2v) is 5.46. The third kappa shape index (κ3) is 3.70. The maximum Gasteiger partial charge on any atom is 0.346 e. The summed E-state index contributed by atoms with van der Waals surface area (Å²) < 4.78 is 0.685. The van der Waals surface area contributed by atoms with E-state index in [0.717, 1.165) is 36.3 Å². The summed E-state index contributed by atoms with van der Waals surface area (Å²) >= 11 is 1.06. The highest BCUT2D eigenvalue weighted by Gasteiger charge is 2.28. The molecule has 0 saturated carbocycles. The van der Waals surface area contributed by atoms with Crippen molar-refractivity contribution in [1.29, 1.82) is 0 Å². The van der Waals surface area contributed by atoms with E-state index in [0.29, 0.717) is 21.0 Å². The van der Waals surface area contributed by atoms with Crippen LogP contribution in [0, 0.1) is 11.8 Å². The minimum atomic E-state index is -1.02. The summed E-state index contributed by atoms with van der Waals surface area (Å²) in [7, 11) is 1.36. The monoisotopic (exact) mass is 283 g/mol. The molecular formula is C13H19N2O3S+. The molecule has 1 N–H and O–H groups in total. The quantitative estimate of drug-likeness (QED) is 0.631. The largest absolute Gasteiger partial charge is 0.477 e. The van der Waals surface area contributed by atoms with Gasteiger partial charge in [-0.1, -0.05) is 13.3 Å². The van der Waals surface area contributed by atoms with Gasteiger partial charge in [0, 0.05) is 15.4 Å². The molecule has 0 spiro atoms. The number of carboxylic acids is 1. The first-order valence-corrected chi connectivity index (χ1v) is 7.01. The molecule has 0 aromatic carbocycles. The zero-order valence-corrected chi connectivity index (χ0v) is 12.5. The molecule has 0 aliphatic carbocycles. The third-order valence-corrected chi connectivity index (χ3v) is 3.95. The predicted octanol–water partition coefficient (Wildman–Crippen LogP) is 4.08. The van der Waals surface area contributed by atoms with Crippen LogP contribution in [-0.2, 0) is 0 Å². The van der Waals surface area contributed by atoms with E-state index in [4.69, 9.17) is 5.11 Å². The van der Waals surface area contributed by atoms with Crippen molar-refractivity contribution in [3.63, 3.8) is 0 Å². The Kier molecular flexibility index (Phi) is 5.35. The molecule has 1 rings (SSSR count). The van der Waals surface area contributed by atoms with Crippen LogP contribution in [-0.4, -0.2) is 28.6 Å². The van der Waals surface area contributed by atoms with Gasteiger partial charge in [0.05, 0.1) is 5.56 Å². The highest BCUT2D eigenvalue weighted by molar-refractivity contribution is 7.18. The first-order valence-electron chi connectivity index (χ1n) is 6.20. The van der Waals surface area contributed by atoms with Crippen molar-refractivity contribution < 1.29 is 14.7 Å². The Morgan fingerprint density at radius 1 is 1.47 bits per heavy atom. The van der Waals surface area contributed by atoms with E-state index in [1.54, 1.807) is 6.92 Å². The molecule has 0 bridgehead atoms. The number of carbonyl (C=O) groups is 1. The molecule has 0 saturated heterocycles. The van der Waals surface area contributed by atoms with Crippen LogP contribution in [0.3, 0.4) is 0 Å². The molecule has 0 amide bonds. The molecule has 0 radical (unpaired) electrons. The van der Waals surface area contributed by atoms with E-state index < -0.39 is 5.97 Å². The van der Waals surface area contributed by atoms with E-state index >= 15 is 0 Å². The number of rotatable bonds is 6. The SMILES string of the molecule is CCCC/C(C)=N/c1sc(C(=O)O)c(C)c1[N+](C)=O. The second kappa shape index (κ2) is 6.56. The van der Waals surface area contributed by atoms with Crippen LogP contribution in [0.15, 0.2) is 4.99 Å². The van der Waals surface area contributed by atoms with Crippen molar-refractivity contribution in [3.8, 4) is 0 Å². The molecule has 0 fully saturated rings. The molecule has 104 valence electrons. The van der Waals surface area contributed by atoms with Crippen molar-refractivity contribution >= 4 is 33.7 Å². The lowest BCUT2D eigenvalue weighted by molar-refractivity contribution is -0.427. The number of aliphatic imine (C=N–C) groups is 1. The number of thiophene rings is 1. The van der Waals surface area contributed by atoms with E-state index in [1.165, 1.54) is 7.05 Å². The van der Waals surface area contributed by atoms with Gasteiger partial charge >= 0.3 is 5.97 Å². The Morgan fingerprint density at radius 2 is 2.11 bits per heavy atom. The number of unbranched alkanes of at least 4 members (excludes halogenated alkanes) is 1. The zero-order valence-electron chi connectivity index (χ0n) is 11.7. The Balaban J connectivity index is 3.23. The van der Waals surface area contributed by atoms with Gasteiger partial charge in [0.25, 0.3) is 5.69 Å². The van der Waals surface area contributed by atoms with E-state index in [2.05, 4.69) is 11.9 Å². The van der Waals surface area contributed by atoms with Crippen LogP contribution in [0.2, 0.25) is 0 Å². The Bertz CT molecular complexity index is 532. The summed E-state index contributed by atoms with van der Waals surface area (Å²) in [5, 5.41) is 9.59. The number of hydrogen-bond donors (Lipinski definition) is 1. The van der Waals surface area contributed by atoms with Crippen LogP contribution < -0.4 is 0 Å². The summed E-state index contributed by atoms with van der Waals surface area (Å²) in [6.07, 6.45) is 2.97. The molecule has 0 aliphatic rings. The zero-order chi connectivity index (χ0) is 14.6. The minimum absolute atomic E-state index is 0.180. The van der Waals surface area contributed by atoms with Crippen molar-refractivity contribution in [2.45, 2.75) is 40.0 Å². The van der Waals surface area contributed by atoms with Crippen LogP contribution in [0.25, 0.3) is 0 Å². The molecule has 0 unspecified atom stereocenters. The van der Waals surface area contributed by atoms with Gasteiger partial charge in [0.1, 0.15) is 4.88 Å². The fourth-order valence-electron chi connectivity index (χ4n) is 1.80. The van der Waals surface area contributed by atoms with Crippen LogP contribution in [0.4, 0.5) is 10.7 Å². The molecule has 1 aromatic rings. The van der Waals surface area contributed by atoms with Crippen molar-refractivity contribution in [2.75, 3.05) is 7.05 Å². The van der Waals surface area contributed by atoms with Gasteiger partial charge in [0.15, 0.2) is 12.0 Å². The Labute approximate surface area is 116 Å². The lowest BCUT2D eigenvalue weighted by Crippen LogP contribution is -1.97. The maximum atomic E-state index is 11.6. The summed E-state index contributed by atoms with van der Waals surface area (Å²) in [6.45, 7) is 5.64. The first-order chi connectivity index (χ1) is 8.88.